The van der Waals surface area contributed by atoms with Crippen LogP contribution in [-0.4, -0.2) is 0 Å². The van der Waals surface area contributed by atoms with Crippen molar-refractivity contribution < 1.29 is 7.66 Å². The van der Waals surface area contributed by atoms with Crippen molar-refractivity contribution in [3.63, 3.8) is 0 Å². The van der Waals surface area contributed by atoms with Crippen LogP contribution < -0.4 is 6.15 Å². The first-order valence-corrected chi connectivity index (χ1v) is 15.9. The van der Waals surface area contributed by atoms with Crippen LogP contribution in [0, 0.1) is 0 Å². The third-order valence-corrected chi connectivity index (χ3v) is 0.500. The van der Waals surface area contributed by atoms with Gasteiger partial charge in [0.05, 0.1) is 0 Å². The van der Waals surface area contributed by atoms with Gasteiger partial charge in [-0.25, -0.2) is 0 Å². The van der Waals surface area contributed by atoms with E-state index in [1.165, 1.54) is 12.8 Å². The summed E-state index contributed by atoms with van der Waals surface area (Å²) in [5, 5.41) is 0. The minimum absolute atomic E-state index is 0. The number of halogens is 6. The van der Waals surface area contributed by atoms with Crippen LogP contribution in [0.2, 0.25) is 0 Å². The van der Waals surface area contributed by atoms with Crippen LogP contribution in [0.15, 0.2) is 0 Å². The van der Waals surface area contributed by atoms with E-state index >= 15 is 0 Å². The van der Waals surface area contributed by atoms with Crippen molar-refractivity contribution >= 4 is 55.8 Å². The third-order valence-electron chi connectivity index (χ3n) is 0.500. The molecule has 0 aliphatic carbocycles. The van der Waals surface area contributed by atoms with Crippen LogP contribution >= 0.6 is 55.8 Å². The molecule has 0 heterocycles. The average Bonchev–Trinajstić information content (AvgIpc) is 1.57. The summed E-state index contributed by atoms with van der Waals surface area (Å²) in [5.74, 6) is 0. The fourth-order valence-corrected chi connectivity index (χ4v) is 0. The molecule has 1 nitrogen and oxygen atoms in total. The van der Waals surface area contributed by atoms with Gasteiger partial charge in [0.1, 0.15) is 0 Å². The fourth-order valence-electron chi connectivity index (χ4n) is 0. The first-order chi connectivity index (χ1) is 4.36. The summed E-state index contributed by atoms with van der Waals surface area (Å²) in [5.41, 5.74) is 0. The summed E-state index contributed by atoms with van der Waals surface area (Å²) in [6.07, 6.45) is 2.64. The van der Waals surface area contributed by atoms with E-state index in [0.717, 1.165) is 0 Å². The van der Waals surface area contributed by atoms with E-state index < -0.39 is 7.66 Å². The van der Waals surface area contributed by atoms with Gasteiger partial charge >= 0.3 is 63.5 Å². The summed E-state index contributed by atoms with van der Waals surface area (Å²) in [6.45, 7) is 4.36. The second-order valence-electron chi connectivity index (χ2n) is 2.07. The molecule has 0 spiro atoms. The van der Waals surface area contributed by atoms with Crippen LogP contribution in [-0.2, 0) is 7.66 Å². The van der Waals surface area contributed by atoms with Crippen LogP contribution in [0.25, 0.3) is 0 Å². The summed E-state index contributed by atoms with van der Waals surface area (Å²) >= 11 is 0. The molecule has 8 heteroatoms. The number of rotatable bonds is 1. The molecule has 0 bridgehead atoms. The summed E-state index contributed by atoms with van der Waals surface area (Å²) in [7, 11) is 25.0. The van der Waals surface area contributed by atoms with E-state index in [9.17, 15) is 0 Å². The van der Waals surface area contributed by atoms with E-state index in [4.69, 9.17) is 55.8 Å². The second kappa shape index (κ2) is 5.48. The van der Waals surface area contributed by atoms with E-state index in [0.29, 0.717) is 0 Å². The van der Waals surface area contributed by atoms with Gasteiger partial charge in [0.15, 0.2) is 0 Å². The molecule has 0 aromatic carbocycles. The molecule has 0 aliphatic heterocycles. The van der Waals surface area contributed by atoms with Crippen LogP contribution in [0.1, 0.15) is 26.7 Å². The Morgan fingerprint density at radius 3 is 0.833 bits per heavy atom. The molecule has 0 aliphatic rings. The predicted octanol–water partition coefficient (Wildman–Crippen LogP) is 6.10. The zero-order valence-corrected chi connectivity index (χ0v) is 13.0. The summed E-state index contributed by atoms with van der Waals surface area (Å²) in [6, 6.07) is 0. The van der Waals surface area contributed by atoms with Crippen molar-refractivity contribution in [1.29, 1.82) is 0 Å². The standard InChI is InChI=1S/C4H10.6ClH.H3N.Ti/c1-3-4-2;;;;;;;;/h3-4H2,1-2H3;6*1H;1H3;/q;;;;;;;;+6/p-6. The molecular weight excluding hydrogens is 323 g/mol. The molecular formula is C4H13Cl6NTi. The van der Waals surface area contributed by atoms with E-state index in [-0.39, 0.29) is 6.15 Å². The Bertz CT molecular complexity index is 97.9. The van der Waals surface area contributed by atoms with Crippen molar-refractivity contribution in [2.75, 3.05) is 0 Å². The van der Waals surface area contributed by atoms with Gasteiger partial charge in [-0.15, -0.1) is 0 Å². The second-order valence-corrected chi connectivity index (χ2v) is 40.8. The Balaban J connectivity index is -0.000000142. The Kier molecular flexibility index (Phi) is 9.10. The van der Waals surface area contributed by atoms with Crippen LogP contribution in [0.3, 0.4) is 0 Å². The topological polar surface area (TPSA) is 35.0 Å². The maximum atomic E-state index is 5.06. The van der Waals surface area contributed by atoms with Gasteiger partial charge < -0.3 is 6.15 Å². The van der Waals surface area contributed by atoms with Gasteiger partial charge in [0.2, 0.25) is 0 Å². The molecule has 0 aromatic rings. The van der Waals surface area contributed by atoms with Crippen molar-refractivity contribution in [2.24, 2.45) is 0 Å². The van der Waals surface area contributed by atoms with Crippen molar-refractivity contribution in [3.05, 3.63) is 0 Å². The van der Waals surface area contributed by atoms with Crippen molar-refractivity contribution in [3.8, 4) is 0 Å². The maximum absolute atomic E-state index is 5.33. The molecule has 0 radical (unpaired) electrons. The van der Waals surface area contributed by atoms with E-state index in [2.05, 4.69) is 13.8 Å². The van der Waals surface area contributed by atoms with Gasteiger partial charge in [0.25, 0.3) is 0 Å². The Morgan fingerprint density at radius 1 is 0.750 bits per heavy atom. The third kappa shape index (κ3) is 139. The molecule has 0 aromatic heterocycles. The number of hydrogen-bond donors (Lipinski definition) is 1. The fraction of sp³-hybridized carbons (Fsp3) is 1.00. The molecule has 0 saturated carbocycles. The molecule has 0 unspecified atom stereocenters. The molecule has 0 rings (SSSR count). The molecule has 0 saturated heterocycles. The Labute approximate surface area is 95.2 Å². The molecule has 0 fully saturated rings. The monoisotopic (exact) mass is 333 g/mol. The number of unbranched alkanes of at least 4 members (excludes halogenated alkanes) is 1. The van der Waals surface area contributed by atoms with Gasteiger partial charge in [-0.05, 0) is 0 Å². The summed E-state index contributed by atoms with van der Waals surface area (Å²) in [4.78, 5) is 0. The molecule has 12 heavy (non-hydrogen) atoms. The zero-order chi connectivity index (χ0) is 9.82. The van der Waals surface area contributed by atoms with Crippen LogP contribution in [0.4, 0.5) is 0 Å². The average molecular weight is 336 g/mol. The van der Waals surface area contributed by atoms with Gasteiger partial charge in [0, 0.05) is 0 Å². The van der Waals surface area contributed by atoms with Crippen molar-refractivity contribution in [1.82, 2.24) is 6.15 Å². The molecule has 80 valence electrons. The Hall–Kier alpha value is 2.41. The van der Waals surface area contributed by atoms with Gasteiger partial charge in [-0.3, -0.25) is 0 Å². The van der Waals surface area contributed by atoms with Crippen LogP contribution in [0.5, 0.6) is 0 Å². The normalized spacial score (nSPS) is 16.0. The first kappa shape index (κ1) is 19.9. The quantitative estimate of drug-likeness (QED) is 0.577. The predicted molar refractivity (Wildman–Crippen MR) is 60.7 cm³/mol. The molecule has 0 amide bonds. The van der Waals surface area contributed by atoms with Gasteiger partial charge in [-0.1, -0.05) is 26.7 Å². The van der Waals surface area contributed by atoms with Gasteiger partial charge in [-0.2, -0.15) is 0 Å². The van der Waals surface area contributed by atoms with E-state index in [1.54, 1.807) is 0 Å². The first-order valence-electron chi connectivity index (χ1n) is 3.05. The van der Waals surface area contributed by atoms with E-state index in [1.807, 2.05) is 0 Å². The van der Waals surface area contributed by atoms with Crippen molar-refractivity contribution in [2.45, 2.75) is 26.7 Å². The molecule has 0 atom stereocenters. The SMILES string of the molecule is CCCC.N.[Cl][Ti]([Cl])([Cl])([Cl])([Cl])[Cl]. The summed E-state index contributed by atoms with van der Waals surface area (Å²) < 4.78 is 0. The molecule has 3 N–H and O–H groups in total. The number of hydrogen-bond acceptors (Lipinski definition) is 1. The zero-order valence-electron chi connectivity index (χ0n) is 6.89. The Morgan fingerprint density at radius 2 is 0.833 bits per heavy atom. The minimum atomic E-state index is -5.33.